The van der Waals surface area contributed by atoms with Crippen molar-refractivity contribution in [1.29, 1.82) is 0 Å². The molecular weight excluding hydrogens is 224 g/mol. The Balaban J connectivity index is 2.99. The highest BCUT2D eigenvalue weighted by atomic mass is 16.5. The van der Waals surface area contributed by atoms with Gasteiger partial charge in [-0.1, -0.05) is 25.1 Å². The Bertz CT molecular complexity index is 413. The maximum absolute atomic E-state index is 11.6. The number of aliphatic hydroxyl groups excluding tert-OH is 1. The number of hydrogen-bond acceptors (Lipinski definition) is 4. The van der Waals surface area contributed by atoms with Crippen LogP contribution >= 0.6 is 0 Å². The summed E-state index contributed by atoms with van der Waals surface area (Å²) in [7, 11) is 0. The van der Waals surface area contributed by atoms with Crippen LogP contribution in [0.25, 0.3) is 0 Å². The summed E-state index contributed by atoms with van der Waals surface area (Å²) < 4.78 is 4.90. The van der Waals surface area contributed by atoms with Gasteiger partial charge in [0.15, 0.2) is 6.10 Å². The third-order valence-corrected chi connectivity index (χ3v) is 2.15. The third-order valence-electron chi connectivity index (χ3n) is 2.15. The molecule has 2 N–H and O–H groups in total. The van der Waals surface area contributed by atoms with Gasteiger partial charge in [0.25, 0.3) is 0 Å². The summed E-state index contributed by atoms with van der Waals surface area (Å²) in [4.78, 5) is 22.3. The number of ether oxygens (including phenoxy) is 1. The Kier molecular flexibility index (Phi) is 4.66. The van der Waals surface area contributed by atoms with E-state index in [1.54, 1.807) is 12.1 Å². The quantitative estimate of drug-likeness (QED) is 0.757. The number of hydrogen-bond donors (Lipinski definition) is 2. The van der Waals surface area contributed by atoms with E-state index in [-0.39, 0.29) is 17.7 Å². The number of rotatable bonds is 5. The van der Waals surface area contributed by atoms with Crippen molar-refractivity contribution in [2.24, 2.45) is 0 Å². The number of esters is 1. The molecular formula is C12H14O5. The highest BCUT2D eigenvalue weighted by molar-refractivity contribution is 5.93. The molecule has 5 heteroatoms. The van der Waals surface area contributed by atoms with Crippen LogP contribution in [-0.4, -0.2) is 28.8 Å². The van der Waals surface area contributed by atoms with Crippen LogP contribution in [0.1, 0.15) is 35.4 Å². The number of benzene rings is 1. The van der Waals surface area contributed by atoms with Crippen LogP contribution in [0.15, 0.2) is 24.3 Å². The summed E-state index contributed by atoms with van der Waals surface area (Å²) in [5, 5.41) is 18.2. The average Bonchev–Trinajstić information content (AvgIpc) is 2.34. The van der Waals surface area contributed by atoms with E-state index >= 15 is 0 Å². The normalized spacial score (nSPS) is 11.9. The fourth-order valence-electron chi connectivity index (χ4n) is 1.33. The van der Waals surface area contributed by atoms with Crippen molar-refractivity contribution in [2.75, 3.05) is 6.61 Å². The lowest BCUT2D eigenvalue weighted by atomic mass is 10.0. The molecule has 1 aromatic carbocycles. The second-order valence-electron chi connectivity index (χ2n) is 3.46. The molecule has 92 valence electrons. The minimum atomic E-state index is -1.72. The third kappa shape index (κ3) is 3.29. The van der Waals surface area contributed by atoms with Crippen molar-refractivity contribution in [3.05, 3.63) is 35.4 Å². The molecule has 0 radical (unpaired) electrons. The van der Waals surface area contributed by atoms with Gasteiger partial charge in [-0.25, -0.2) is 9.59 Å². The molecule has 1 rings (SSSR count). The molecule has 0 aliphatic heterocycles. The lowest BCUT2D eigenvalue weighted by molar-refractivity contribution is -0.146. The number of carbonyl (C=O) groups is 2. The minimum Gasteiger partial charge on any atom is -0.479 e. The van der Waals surface area contributed by atoms with E-state index in [0.717, 1.165) is 0 Å². The number of aliphatic hydroxyl groups is 1. The topological polar surface area (TPSA) is 83.8 Å². The Labute approximate surface area is 98.6 Å². The van der Waals surface area contributed by atoms with E-state index in [9.17, 15) is 14.7 Å². The number of carboxylic acid groups (broad SMARTS) is 1. The summed E-state index contributed by atoms with van der Waals surface area (Å²) in [5.74, 6) is -2.02. The zero-order chi connectivity index (χ0) is 12.8. The average molecular weight is 238 g/mol. The van der Waals surface area contributed by atoms with Crippen LogP contribution < -0.4 is 0 Å². The van der Waals surface area contributed by atoms with Gasteiger partial charge in [0, 0.05) is 5.56 Å². The maximum Gasteiger partial charge on any atom is 0.338 e. The Hall–Kier alpha value is -1.88. The predicted molar refractivity (Wildman–Crippen MR) is 59.6 cm³/mol. The fourth-order valence-corrected chi connectivity index (χ4v) is 1.33. The molecule has 0 amide bonds. The largest absolute Gasteiger partial charge is 0.479 e. The van der Waals surface area contributed by atoms with E-state index in [0.29, 0.717) is 6.42 Å². The van der Waals surface area contributed by atoms with Crippen molar-refractivity contribution in [3.63, 3.8) is 0 Å². The van der Waals surface area contributed by atoms with E-state index in [1.165, 1.54) is 12.1 Å². The molecule has 1 aromatic rings. The lowest BCUT2D eigenvalue weighted by Gasteiger charge is -2.11. The summed E-state index contributed by atoms with van der Waals surface area (Å²) in [6.07, 6.45) is -1.05. The van der Waals surface area contributed by atoms with Gasteiger partial charge in [-0.3, -0.25) is 0 Å². The maximum atomic E-state index is 11.6. The van der Waals surface area contributed by atoms with Crippen LogP contribution in [-0.2, 0) is 9.53 Å². The zero-order valence-electron chi connectivity index (χ0n) is 9.42. The first kappa shape index (κ1) is 13.2. The van der Waals surface area contributed by atoms with Crippen LogP contribution in [0.3, 0.4) is 0 Å². The first-order chi connectivity index (χ1) is 8.07. The van der Waals surface area contributed by atoms with Crippen molar-refractivity contribution >= 4 is 11.9 Å². The zero-order valence-corrected chi connectivity index (χ0v) is 9.42. The highest BCUT2D eigenvalue weighted by Crippen LogP contribution is 2.19. The van der Waals surface area contributed by atoms with Crippen LogP contribution in [0.4, 0.5) is 0 Å². The monoisotopic (exact) mass is 238 g/mol. The van der Waals surface area contributed by atoms with E-state index in [1.807, 2.05) is 6.92 Å². The van der Waals surface area contributed by atoms with Gasteiger partial charge in [-0.2, -0.15) is 0 Å². The molecule has 0 heterocycles. The Morgan fingerprint density at radius 2 is 2.00 bits per heavy atom. The van der Waals surface area contributed by atoms with Gasteiger partial charge in [0.05, 0.1) is 12.2 Å². The van der Waals surface area contributed by atoms with Crippen molar-refractivity contribution in [2.45, 2.75) is 19.4 Å². The second-order valence-corrected chi connectivity index (χ2v) is 3.46. The van der Waals surface area contributed by atoms with Crippen LogP contribution in [0.2, 0.25) is 0 Å². The molecule has 1 atom stereocenters. The van der Waals surface area contributed by atoms with E-state index < -0.39 is 18.0 Å². The molecule has 0 aliphatic rings. The molecule has 0 fully saturated rings. The summed E-state index contributed by atoms with van der Waals surface area (Å²) >= 11 is 0. The minimum absolute atomic E-state index is 0.0427. The van der Waals surface area contributed by atoms with Gasteiger partial charge in [0.1, 0.15) is 0 Å². The molecule has 5 nitrogen and oxygen atoms in total. The summed E-state index contributed by atoms with van der Waals surface area (Å²) in [6.45, 7) is 2.11. The first-order valence-corrected chi connectivity index (χ1v) is 5.24. The molecule has 0 aromatic heterocycles. The molecule has 0 saturated carbocycles. The molecule has 0 bridgehead atoms. The second kappa shape index (κ2) is 6.00. The van der Waals surface area contributed by atoms with Crippen molar-refractivity contribution < 1.29 is 24.5 Å². The van der Waals surface area contributed by atoms with Gasteiger partial charge < -0.3 is 14.9 Å². The standard InChI is InChI=1S/C12H14O5/c1-2-7-17-12(16)9-6-4-3-5-8(9)10(13)11(14)15/h3-6,10,13H,2,7H2,1H3,(H,14,15). The number of aliphatic carboxylic acids is 1. The van der Waals surface area contributed by atoms with Crippen molar-refractivity contribution in [1.82, 2.24) is 0 Å². The molecule has 0 aliphatic carbocycles. The lowest BCUT2D eigenvalue weighted by Crippen LogP contribution is -2.16. The van der Waals surface area contributed by atoms with Gasteiger partial charge in [-0.05, 0) is 12.5 Å². The van der Waals surface area contributed by atoms with Gasteiger partial charge in [-0.15, -0.1) is 0 Å². The smallest absolute Gasteiger partial charge is 0.338 e. The van der Waals surface area contributed by atoms with Gasteiger partial charge >= 0.3 is 11.9 Å². The van der Waals surface area contributed by atoms with Gasteiger partial charge in [0.2, 0.25) is 0 Å². The van der Waals surface area contributed by atoms with E-state index in [2.05, 4.69) is 0 Å². The molecule has 0 spiro atoms. The SMILES string of the molecule is CCCOC(=O)c1ccccc1C(O)C(=O)O. The van der Waals surface area contributed by atoms with Crippen LogP contribution in [0.5, 0.6) is 0 Å². The number of carboxylic acids is 1. The molecule has 0 saturated heterocycles. The number of carbonyl (C=O) groups excluding carboxylic acids is 1. The predicted octanol–water partition coefficient (Wildman–Crippen LogP) is 1.37. The van der Waals surface area contributed by atoms with Crippen molar-refractivity contribution in [3.8, 4) is 0 Å². The summed E-state index contributed by atoms with van der Waals surface area (Å²) in [6, 6.07) is 5.96. The van der Waals surface area contributed by atoms with E-state index in [4.69, 9.17) is 9.84 Å². The Morgan fingerprint density at radius 3 is 2.59 bits per heavy atom. The summed E-state index contributed by atoms with van der Waals surface area (Å²) in [5.41, 5.74) is 0.122. The Morgan fingerprint density at radius 1 is 1.35 bits per heavy atom. The van der Waals surface area contributed by atoms with Crippen LogP contribution in [0, 0.1) is 0 Å². The molecule has 1 unspecified atom stereocenters. The first-order valence-electron chi connectivity index (χ1n) is 5.24. The molecule has 17 heavy (non-hydrogen) atoms. The highest BCUT2D eigenvalue weighted by Gasteiger charge is 2.22. The fraction of sp³-hybridized carbons (Fsp3) is 0.333.